The zero-order valence-electron chi connectivity index (χ0n) is 7.36. The van der Waals surface area contributed by atoms with Gasteiger partial charge in [0.2, 0.25) is 0 Å². The Morgan fingerprint density at radius 2 is 1.86 bits per heavy atom. The Kier molecular flexibility index (Phi) is 1.43. The van der Waals surface area contributed by atoms with E-state index in [0.29, 0.717) is 5.58 Å². The van der Waals surface area contributed by atoms with Crippen LogP contribution in [0.25, 0.3) is 21.9 Å². The van der Waals surface area contributed by atoms with E-state index < -0.39 is 0 Å². The molecule has 0 saturated carbocycles. The molecule has 1 N–H and O–H groups in total. The highest BCUT2D eigenvalue weighted by Gasteiger charge is 2.10. The highest BCUT2D eigenvalue weighted by Crippen LogP contribution is 2.30. The smallest absolute Gasteiger partial charge is 0.177 e. The molecule has 3 rings (SSSR count). The van der Waals surface area contributed by atoms with Crippen LogP contribution in [0.3, 0.4) is 0 Å². The van der Waals surface area contributed by atoms with Crippen LogP contribution in [0.15, 0.2) is 39.6 Å². The second kappa shape index (κ2) is 2.62. The van der Waals surface area contributed by atoms with Crippen molar-refractivity contribution in [1.82, 2.24) is 0 Å². The van der Waals surface area contributed by atoms with Gasteiger partial charge >= 0.3 is 0 Å². The van der Waals surface area contributed by atoms with E-state index in [9.17, 15) is 5.11 Å². The molecule has 70 valence electrons. The Hall–Kier alpha value is -1.74. The monoisotopic (exact) mass is 188 g/mol. The molecular formula is C11H8O3. The molecule has 0 aliphatic rings. The molecule has 0 unspecified atom stereocenters. The number of furan rings is 2. The predicted octanol–water partition coefficient (Wildman–Crippen LogP) is 2.67. The van der Waals surface area contributed by atoms with E-state index in [-0.39, 0.29) is 6.61 Å². The Morgan fingerprint density at radius 3 is 2.71 bits per heavy atom. The van der Waals surface area contributed by atoms with E-state index in [2.05, 4.69) is 0 Å². The maximum atomic E-state index is 9.18. The van der Waals surface area contributed by atoms with Crippen molar-refractivity contribution < 1.29 is 13.9 Å². The summed E-state index contributed by atoms with van der Waals surface area (Å²) in [7, 11) is 0. The molecule has 3 heteroatoms. The van der Waals surface area contributed by atoms with Crippen LogP contribution in [0.2, 0.25) is 0 Å². The average molecular weight is 188 g/mol. The first kappa shape index (κ1) is 7.64. The molecule has 3 nitrogen and oxygen atoms in total. The summed E-state index contributed by atoms with van der Waals surface area (Å²) in [5.41, 5.74) is 2.31. The van der Waals surface area contributed by atoms with Crippen molar-refractivity contribution in [2.45, 2.75) is 6.61 Å². The quantitative estimate of drug-likeness (QED) is 0.638. The summed E-state index contributed by atoms with van der Waals surface area (Å²) < 4.78 is 10.6. The highest BCUT2D eigenvalue weighted by molar-refractivity contribution is 6.02. The molecule has 0 fully saturated rings. The van der Waals surface area contributed by atoms with E-state index in [1.807, 2.05) is 18.2 Å². The molecule has 0 aliphatic heterocycles. The summed E-state index contributed by atoms with van der Waals surface area (Å²) >= 11 is 0. The van der Waals surface area contributed by atoms with Gasteiger partial charge in [-0.15, -0.1) is 0 Å². The third kappa shape index (κ3) is 0.845. The lowest BCUT2D eigenvalue weighted by molar-refractivity contribution is 0.283. The van der Waals surface area contributed by atoms with Crippen LogP contribution in [0.1, 0.15) is 5.56 Å². The van der Waals surface area contributed by atoms with Gasteiger partial charge in [0, 0.05) is 10.8 Å². The van der Waals surface area contributed by atoms with Crippen LogP contribution in [-0.2, 0) is 6.61 Å². The van der Waals surface area contributed by atoms with Gasteiger partial charge in [-0.3, -0.25) is 0 Å². The van der Waals surface area contributed by atoms with Crippen molar-refractivity contribution in [3.63, 3.8) is 0 Å². The van der Waals surface area contributed by atoms with Gasteiger partial charge in [-0.1, -0.05) is 0 Å². The summed E-state index contributed by atoms with van der Waals surface area (Å²) in [5.74, 6) is 0. The first-order chi connectivity index (χ1) is 6.90. The highest BCUT2D eigenvalue weighted by atomic mass is 16.4. The summed E-state index contributed by atoms with van der Waals surface area (Å²) in [6, 6.07) is 5.61. The van der Waals surface area contributed by atoms with E-state index in [1.165, 1.54) is 0 Å². The van der Waals surface area contributed by atoms with E-state index in [4.69, 9.17) is 8.83 Å². The molecule has 2 heterocycles. The fourth-order valence-corrected chi connectivity index (χ4v) is 1.75. The lowest BCUT2D eigenvalue weighted by Crippen LogP contribution is -1.83. The zero-order chi connectivity index (χ0) is 9.54. The van der Waals surface area contributed by atoms with E-state index in [0.717, 1.165) is 21.9 Å². The molecule has 3 aromatic rings. The number of fused-ring (bicyclic) bond motifs is 3. The summed E-state index contributed by atoms with van der Waals surface area (Å²) in [6.07, 6.45) is 3.22. The Balaban J connectivity index is 2.59. The third-order valence-electron chi connectivity index (χ3n) is 2.41. The fourth-order valence-electron chi connectivity index (χ4n) is 1.75. The molecule has 0 aliphatic carbocycles. The molecular weight excluding hydrogens is 180 g/mol. The van der Waals surface area contributed by atoms with Gasteiger partial charge in [-0.25, -0.2) is 0 Å². The van der Waals surface area contributed by atoms with Gasteiger partial charge in [0.05, 0.1) is 19.1 Å². The first-order valence-electron chi connectivity index (χ1n) is 4.37. The average Bonchev–Trinajstić information content (AvgIpc) is 2.83. The van der Waals surface area contributed by atoms with Gasteiger partial charge in [0.15, 0.2) is 11.2 Å². The van der Waals surface area contributed by atoms with Crippen LogP contribution in [0, 0.1) is 0 Å². The Morgan fingerprint density at radius 1 is 1.07 bits per heavy atom. The van der Waals surface area contributed by atoms with E-state index >= 15 is 0 Å². The normalized spacial score (nSPS) is 11.5. The third-order valence-corrected chi connectivity index (χ3v) is 2.41. The second-order valence-electron chi connectivity index (χ2n) is 3.20. The number of aliphatic hydroxyl groups excluding tert-OH is 1. The van der Waals surface area contributed by atoms with Crippen molar-refractivity contribution in [3.8, 4) is 0 Å². The topological polar surface area (TPSA) is 46.5 Å². The molecule has 0 amide bonds. The van der Waals surface area contributed by atoms with Crippen molar-refractivity contribution in [1.29, 1.82) is 0 Å². The molecule has 1 aromatic carbocycles. The van der Waals surface area contributed by atoms with Crippen molar-refractivity contribution in [2.24, 2.45) is 0 Å². The number of hydrogen-bond donors (Lipinski definition) is 1. The van der Waals surface area contributed by atoms with E-state index in [1.54, 1.807) is 12.5 Å². The molecule has 0 radical (unpaired) electrons. The van der Waals surface area contributed by atoms with Crippen molar-refractivity contribution in [2.75, 3.05) is 0 Å². The lowest BCUT2D eigenvalue weighted by Gasteiger charge is -1.98. The number of benzene rings is 1. The SMILES string of the molecule is OCc1cc2ccoc2c2occc12. The molecule has 0 atom stereocenters. The van der Waals surface area contributed by atoms with Gasteiger partial charge < -0.3 is 13.9 Å². The zero-order valence-corrected chi connectivity index (χ0v) is 7.36. The molecule has 2 aromatic heterocycles. The largest absolute Gasteiger partial charge is 0.460 e. The van der Waals surface area contributed by atoms with Crippen molar-refractivity contribution in [3.05, 3.63) is 36.3 Å². The first-order valence-corrected chi connectivity index (χ1v) is 4.37. The molecule has 0 bridgehead atoms. The van der Waals surface area contributed by atoms with Gasteiger partial charge in [0.25, 0.3) is 0 Å². The molecule has 0 spiro atoms. The minimum Gasteiger partial charge on any atom is -0.460 e. The Bertz CT molecular complexity index is 589. The van der Waals surface area contributed by atoms with Crippen LogP contribution >= 0.6 is 0 Å². The van der Waals surface area contributed by atoms with Crippen LogP contribution in [-0.4, -0.2) is 5.11 Å². The van der Waals surface area contributed by atoms with Crippen molar-refractivity contribution >= 4 is 21.9 Å². The minimum absolute atomic E-state index is 0.0111. The number of aliphatic hydroxyl groups is 1. The van der Waals surface area contributed by atoms with Gasteiger partial charge in [0.1, 0.15) is 0 Å². The van der Waals surface area contributed by atoms with Crippen LogP contribution in [0.5, 0.6) is 0 Å². The Labute approximate surface area is 79.5 Å². The van der Waals surface area contributed by atoms with Crippen LogP contribution in [0.4, 0.5) is 0 Å². The molecule has 0 saturated heterocycles. The number of hydrogen-bond acceptors (Lipinski definition) is 3. The predicted molar refractivity (Wildman–Crippen MR) is 51.9 cm³/mol. The summed E-state index contributed by atoms with van der Waals surface area (Å²) in [6.45, 7) is 0.0111. The maximum Gasteiger partial charge on any atom is 0.177 e. The van der Waals surface area contributed by atoms with Crippen LogP contribution < -0.4 is 0 Å². The molecule has 14 heavy (non-hydrogen) atoms. The second-order valence-corrected chi connectivity index (χ2v) is 3.20. The number of rotatable bonds is 1. The summed E-state index contributed by atoms with van der Waals surface area (Å²) in [5, 5.41) is 11.0. The fraction of sp³-hybridized carbons (Fsp3) is 0.0909. The maximum absolute atomic E-state index is 9.18. The summed E-state index contributed by atoms with van der Waals surface area (Å²) in [4.78, 5) is 0. The van der Waals surface area contributed by atoms with Gasteiger partial charge in [-0.05, 0) is 23.8 Å². The standard InChI is InChI=1S/C11H8O3/c12-6-8-5-7-1-3-13-10(7)11-9(8)2-4-14-11/h1-5,12H,6H2. The van der Waals surface area contributed by atoms with Gasteiger partial charge in [-0.2, -0.15) is 0 Å². The minimum atomic E-state index is 0.0111. The lowest BCUT2D eigenvalue weighted by atomic mass is 10.1.